The van der Waals surface area contributed by atoms with E-state index >= 15 is 0 Å². The van der Waals surface area contributed by atoms with Crippen molar-refractivity contribution in [3.63, 3.8) is 0 Å². The number of rotatable bonds is 4. The van der Waals surface area contributed by atoms with E-state index in [-0.39, 0.29) is 17.1 Å². The molecule has 3 aromatic rings. The van der Waals surface area contributed by atoms with Crippen LogP contribution in [0.15, 0.2) is 36.4 Å². The number of nitrogen functional groups attached to an aromatic ring is 1. The van der Waals surface area contributed by atoms with E-state index in [4.69, 9.17) is 10.5 Å². The van der Waals surface area contributed by atoms with Gasteiger partial charge in [-0.25, -0.2) is 4.39 Å². The summed E-state index contributed by atoms with van der Waals surface area (Å²) < 4.78 is 83.1. The van der Waals surface area contributed by atoms with Crippen LogP contribution in [-0.2, 0) is 7.05 Å². The summed E-state index contributed by atoms with van der Waals surface area (Å²) in [5.41, 5.74) is 6.69. The number of nitrogens with two attached hydrogens (primary N) is 1. The van der Waals surface area contributed by atoms with Gasteiger partial charge < -0.3 is 10.5 Å². The maximum Gasteiger partial charge on any atom is 0.456 e. The number of hydrogen-bond donors (Lipinski definition) is 1. The molecule has 0 unspecified atom stereocenters. The van der Waals surface area contributed by atoms with Crippen LogP contribution in [-0.4, -0.2) is 28.5 Å². The summed E-state index contributed by atoms with van der Waals surface area (Å²) in [5.74, 6) is -5.79. The second-order valence-corrected chi connectivity index (χ2v) is 5.87. The number of anilines is 1. The molecule has 27 heavy (non-hydrogen) atoms. The second kappa shape index (κ2) is 6.36. The zero-order valence-corrected chi connectivity index (χ0v) is 13.8. The van der Waals surface area contributed by atoms with Gasteiger partial charge in [0, 0.05) is 18.0 Å². The Labute approximate surface area is 149 Å². The van der Waals surface area contributed by atoms with Crippen LogP contribution in [0.3, 0.4) is 0 Å². The highest BCUT2D eigenvalue weighted by atomic mass is 19.4. The lowest BCUT2D eigenvalue weighted by Gasteiger charge is -2.21. The van der Waals surface area contributed by atoms with E-state index in [1.807, 2.05) is 0 Å². The van der Waals surface area contributed by atoms with Crippen LogP contribution in [0, 0.1) is 5.82 Å². The number of ether oxygens (including phenoxy) is 1. The summed E-state index contributed by atoms with van der Waals surface area (Å²) in [5, 5.41) is 4.64. The van der Waals surface area contributed by atoms with Crippen molar-refractivity contribution in [2.75, 3.05) is 12.3 Å². The van der Waals surface area contributed by atoms with E-state index in [1.54, 1.807) is 19.2 Å². The van der Waals surface area contributed by atoms with Crippen molar-refractivity contribution in [2.24, 2.45) is 7.05 Å². The first-order valence-electron chi connectivity index (χ1n) is 7.59. The number of benzene rings is 2. The van der Waals surface area contributed by atoms with Crippen LogP contribution >= 0.6 is 0 Å². The molecule has 0 saturated carbocycles. The largest absolute Gasteiger partial charge is 0.486 e. The number of halogens is 6. The van der Waals surface area contributed by atoms with Crippen molar-refractivity contribution in [3.8, 4) is 16.9 Å². The Morgan fingerprint density at radius 1 is 1.07 bits per heavy atom. The fourth-order valence-electron chi connectivity index (χ4n) is 2.56. The van der Waals surface area contributed by atoms with Crippen molar-refractivity contribution < 1.29 is 31.1 Å². The molecule has 2 aromatic carbocycles. The van der Waals surface area contributed by atoms with Crippen molar-refractivity contribution in [3.05, 3.63) is 42.2 Å². The van der Waals surface area contributed by atoms with Crippen LogP contribution < -0.4 is 10.5 Å². The van der Waals surface area contributed by atoms with Gasteiger partial charge in [-0.1, -0.05) is 6.07 Å². The zero-order chi connectivity index (χ0) is 20.0. The molecule has 1 aromatic heterocycles. The quantitative estimate of drug-likeness (QED) is 0.667. The van der Waals surface area contributed by atoms with Crippen LogP contribution in [0.25, 0.3) is 22.0 Å². The van der Waals surface area contributed by atoms with Gasteiger partial charge in [0.2, 0.25) is 0 Å². The Morgan fingerprint density at radius 2 is 1.78 bits per heavy atom. The van der Waals surface area contributed by atoms with E-state index in [9.17, 15) is 26.3 Å². The molecule has 0 saturated heterocycles. The molecule has 10 heteroatoms. The Morgan fingerprint density at radius 3 is 2.44 bits per heavy atom. The first kappa shape index (κ1) is 18.9. The third-order valence-electron chi connectivity index (χ3n) is 3.96. The third kappa shape index (κ3) is 3.51. The van der Waals surface area contributed by atoms with Gasteiger partial charge in [0.15, 0.2) is 12.4 Å². The number of aromatic nitrogens is 2. The van der Waals surface area contributed by atoms with Gasteiger partial charge in [0.25, 0.3) is 0 Å². The molecule has 1 heterocycles. The Balaban J connectivity index is 2.01. The highest BCUT2D eigenvalue weighted by Crippen LogP contribution is 2.38. The molecule has 0 atom stereocenters. The summed E-state index contributed by atoms with van der Waals surface area (Å²) in [4.78, 5) is 0. The molecule has 0 aliphatic heterocycles. The molecule has 0 fully saturated rings. The molecule has 0 aliphatic rings. The molecule has 3 rings (SSSR count). The lowest BCUT2D eigenvalue weighted by atomic mass is 10.0. The number of nitrogens with zero attached hydrogens (tertiary/aromatic N) is 2. The van der Waals surface area contributed by atoms with Gasteiger partial charge in [0.05, 0.1) is 5.52 Å². The average Bonchev–Trinajstić information content (AvgIpc) is 2.86. The summed E-state index contributed by atoms with van der Waals surface area (Å²) in [7, 11) is 1.62. The zero-order valence-electron chi connectivity index (χ0n) is 13.8. The number of fused-ring (bicyclic) bond motifs is 1. The van der Waals surface area contributed by atoms with Crippen LogP contribution in [0.1, 0.15) is 0 Å². The third-order valence-corrected chi connectivity index (χ3v) is 3.96. The maximum absolute atomic E-state index is 13.7. The normalized spacial score (nSPS) is 12.6. The fourth-order valence-corrected chi connectivity index (χ4v) is 2.56. The predicted octanol–water partition coefficient (Wildman–Crippen LogP) is 4.54. The van der Waals surface area contributed by atoms with Crippen molar-refractivity contribution in [2.45, 2.75) is 12.1 Å². The smallest absolute Gasteiger partial charge is 0.456 e. The SMILES string of the molecule is Cn1nc(N)c2ccc(-c3cc(F)ccc3OCC(F)(F)C(F)(F)F)cc21. The Kier molecular flexibility index (Phi) is 4.44. The minimum Gasteiger partial charge on any atom is -0.486 e. The van der Waals surface area contributed by atoms with E-state index < -0.39 is 24.5 Å². The second-order valence-electron chi connectivity index (χ2n) is 5.87. The topological polar surface area (TPSA) is 53.1 Å². The van der Waals surface area contributed by atoms with Crippen LogP contribution in [0.4, 0.5) is 32.2 Å². The summed E-state index contributed by atoms with van der Waals surface area (Å²) >= 11 is 0. The first-order chi connectivity index (χ1) is 12.5. The van der Waals surface area contributed by atoms with E-state index in [0.29, 0.717) is 16.5 Å². The van der Waals surface area contributed by atoms with Gasteiger partial charge >= 0.3 is 12.1 Å². The molecule has 0 amide bonds. The molecule has 144 valence electrons. The molecule has 2 N–H and O–H groups in total. The van der Waals surface area contributed by atoms with Crippen LogP contribution in [0.2, 0.25) is 0 Å². The maximum atomic E-state index is 13.7. The van der Waals surface area contributed by atoms with Gasteiger partial charge in [0.1, 0.15) is 11.6 Å². The molecular formula is C17H13F6N3O. The van der Waals surface area contributed by atoms with Crippen molar-refractivity contribution in [1.82, 2.24) is 9.78 Å². The van der Waals surface area contributed by atoms with E-state index in [1.165, 1.54) is 10.7 Å². The van der Waals surface area contributed by atoms with Crippen LogP contribution in [0.5, 0.6) is 5.75 Å². The molecular weight excluding hydrogens is 376 g/mol. The van der Waals surface area contributed by atoms with E-state index in [0.717, 1.165) is 18.2 Å². The number of hydrogen-bond acceptors (Lipinski definition) is 3. The van der Waals surface area contributed by atoms with Gasteiger partial charge in [-0.15, -0.1) is 0 Å². The Hall–Kier alpha value is -2.91. The minimum absolute atomic E-state index is 0.0228. The lowest BCUT2D eigenvalue weighted by molar-refractivity contribution is -0.289. The first-order valence-corrected chi connectivity index (χ1v) is 7.59. The highest BCUT2D eigenvalue weighted by Gasteiger charge is 2.58. The summed E-state index contributed by atoms with van der Waals surface area (Å²) in [6.45, 7) is -1.92. The van der Waals surface area contributed by atoms with Crippen molar-refractivity contribution in [1.29, 1.82) is 0 Å². The number of aryl methyl sites for hydroxylation is 1. The predicted molar refractivity (Wildman–Crippen MR) is 87.0 cm³/mol. The van der Waals surface area contributed by atoms with Gasteiger partial charge in [-0.2, -0.15) is 27.1 Å². The van der Waals surface area contributed by atoms with Crippen molar-refractivity contribution >= 4 is 16.7 Å². The molecule has 0 spiro atoms. The van der Waals surface area contributed by atoms with E-state index in [2.05, 4.69) is 5.10 Å². The Bertz CT molecular complexity index is 996. The highest BCUT2D eigenvalue weighted by molar-refractivity contribution is 5.92. The summed E-state index contributed by atoms with van der Waals surface area (Å²) in [6, 6.07) is 7.56. The van der Waals surface area contributed by atoms with Gasteiger partial charge in [-0.05, 0) is 35.9 Å². The molecule has 4 nitrogen and oxygen atoms in total. The monoisotopic (exact) mass is 389 g/mol. The number of alkyl halides is 5. The fraction of sp³-hybridized carbons (Fsp3) is 0.235. The molecule has 0 aliphatic carbocycles. The lowest BCUT2D eigenvalue weighted by Crippen LogP contribution is -2.41. The average molecular weight is 389 g/mol. The van der Waals surface area contributed by atoms with Gasteiger partial charge in [-0.3, -0.25) is 4.68 Å². The summed E-state index contributed by atoms with van der Waals surface area (Å²) in [6.07, 6.45) is -5.75. The molecule has 0 radical (unpaired) electrons. The standard InChI is InChI=1S/C17H13F6N3O/c1-26-13-6-9(2-4-11(13)15(24)25-26)12-7-10(18)3-5-14(12)27-8-16(19,20)17(21,22)23/h2-7H,8H2,1H3,(H2,24,25). The minimum atomic E-state index is -5.75. The molecule has 0 bridgehead atoms.